The summed E-state index contributed by atoms with van der Waals surface area (Å²) in [6, 6.07) is 10.8. The van der Waals surface area contributed by atoms with E-state index in [1.807, 2.05) is 30.7 Å². The highest BCUT2D eigenvalue weighted by atomic mass is 16.1. The molecule has 0 radical (unpaired) electrons. The number of nitrogens with zero attached hydrogens (tertiary/aromatic N) is 6. The fourth-order valence-corrected chi connectivity index (χ4v) is 4.90. The maximum absolute atomic E-state index is 13.4. The Labute approximate surface area is 212 Å². The van der Waals surface area contributed by atoms with Crippen LogP contribution in [0.4, 0.5) is 11.5 Å². The Hall–Kier alpha value is -3.52. The molecule has 8 nitrogen and oxygen atoms in total. The second-order valence-electron chi connectivity index (χ2n) is 11.3. The maximum Gasteiger partial charge on any atom is 0.276 e. The minimum Gasteiger partial charge on any atom is -0.340 e. The summed E-state index contributed by atoms with van der Waals surface area (Å²) in [5, 5.41) is 4.02. The number of nitrogens with one attached hydrogen (secondary N) is 1. The van der Waals surface area contributed by atoms with Gasteiger partial charge >= 0.3 is 0 Å². The van der Waals surface area contributed by atoms with Gasteiger partial charge in [-0.1, -0.05) is 26.8 Å². The van der Waals surface area contributed by atoms with Crippen LogP contribution in [0.25, 0.3) is 16.7 Å². The van der Waals surface area contributed by atoms with Crippen LogP contribution in [-0.2, 0) is 18.3 Å². The first kappa shape index (κ1) is 24.2. The largest absolute Gasteiger partial charge is 0.340 e. The number of benzene rings is 1. The van der Waals surface area contributed by atoms with Crippen molar-refractivity contribution >= 4 is 22.4 Å². The molecule has 4 aromatic rings. The number of pyridine rings is 1. The van der Waals surface area contributed by atoms with Crippen LogP contribution >= 0.6 is 0 Å². The lowest BCUT2D eigenvalue weighted by Gasteiger charge is -2.19. The number of aromatic nitrogens is 5. The number of fused-ring (bicyclic) bond motifs is 2. The summed E-state index contributed by atoms with van der Waals surface area (Å²) in [4.78, 5) is 29.6. The third-order valence-electron chi connectivity index (χ3n) is 6.90. The molecule has 0 spiro atoms. The lowest BCUT2D eigenvalue weighted by Crippen LogP contribution is -2.27. The van der Waals surface area contributed by atoms with Gasteiger partial charge in [-0.2, -0.15) is 0 Å². The fourth-order valence-electron chi connectivity index (χ4n) is 4.90. The van der Waals surface area contributed by atoms with Crippen molar-refractivity contribution in [3.05, 3.63) is 70.0 Å². The zero-order valence-electron chi connectivity index (χ0n) is 22.2. The van der Waals surface area contributed by atoms with Gasteiger partial charge in [-0.15, -0.1) is 0 Å². The van der Waals surface area contributed by atoms with Crippen LogP contribution in [0.2, 0.25) is 0 Å². The van der Waals surface area contributed by atoms with Crippen LogP contribution in [0.15, 0.2) is 47.5 Å². The smallest absolute Gasteiger partial charge is 0.276 e. The zero-order valence-corrected chi connectivity index (χ0v) is 22.2. The van der Waals surface area contributed by atoms with E-state index < -0.39 is 0 Å². The molecule has 0 saturated heterocycles. The zero-order chi connectivity index (χ0) is 25.8. The van der Waals surface area contributed by atoms with Gasteiger partial charge < -0.3 is 10.2 Å². The summed E-state index contributed by atoms with van der Waals surface area (Å²) in [6.45, 7) is 10.2. The molecular formula is C28H35N7O. The van der Waals surface area contributed by atoms with E-state index in [1.54, 1.807) is 17.1 Å². The highest BCUT2D eigenvalue weighted by Gasteiger charge is 2.24. The van der Waals surface area contributed by atoms with Crippen LogP contribution in [0.3, 0.4) is 0 Å². The molecule has 1 unspecified atom stereocenters. The van der Waals surface area contributed by atoms with Gasteiger partial charge in [-0.05, 0) is 64.0 Å². The summed E-state index contributed by atoms with van der Waals surface area (Å²) in [6.07, 6.45) is 5.55. The topological polar surface area (TPSA) is 80.9 Å². The molecule has 0 aliphatic heterocycles. The Balaban J connectivity index is 1.58. The molecule has 188 valence electrons. The maximum atomic E-state index is 13.4. The number of hydrogen-bond acceptors (Lipinski definition) is 6. The molecule has 3 heterocycles. The molecule has 3 aromatic heterocycles. The summed E-state index contributed by atoms with van der Waals surface area (Å²) in [5.41, 5.74) is 4.24. The van der Waals surface area contributed by atoms with Crippen molar-refractivity contribution < 1.29 is 0 Å². The Morgan fingerprint density at radius 1 is 1.06 bits per heavy atom. The van der Waals surface area contributed by atoms with Crippen LogP contribution in [-0.4, -0.2) is 49.4 Å². The van der Waals surface area contributed by atoms with Gasteiger partial charge in [0.1, 0.15) is 11.6 Å². The van der Waals surface area contributed by atoms with E-state index in [0.29, 0.717) is 23.1 Å². The number of rotatable bonds is 5. The van der Waals surface area contributed by atoms with Crippen molar-refractivity contribution in [3.63, 3.8) is 0 Å². The number of hydrogen-bond donors (Lipinski definition) is 1. The Bertz CT molecular complexity index is 1490. The fraction of sp³-hybridized carbons (Fsp3) is 0.429. The van der Waals surface area contributed by atoms with Crippen molar-refractivity contribution in [1.29, 1.82) is 0 Å². The monoisotopic (exact) mass is 485 g/mol. The Kier molecular flexibility index (Phi) is 5.95. The van der Waals surface area contributed by atoms with E-state index in [9.17, 15) is 4.79 Å². The minimum atomic E-state index is -0.213. The van der Waals surface area contributed by atoms with E-state index in [2.05, 4.69) is 73.3 Å². The molecule has 1 N–H and O–H groups in total. The normalized spacial score (nSPS) is 15.8. The van der Waals surface area contributed by atoms with Gasteiger partial charge in [0.2, 0.25) is 0 Å². The third-order valence-corrected chi connectivity index (χ3v) is 6.90. The molecule has 1 aromatic carbocycles. The van der Waals surface area contributed by atoms with Crippen LogP contribution in [0.1, 0.15) is 57.6 Å². The van der Waals surface area contributed by atoms with Crippen molar-refractivity contribution in [2.45, 2.75) is 65.0 Å². The predicted molar refractivity (Wildman–Crippen MR) is 145 cm³/mol. The van der Waals surface area contributed by atoms with Gasteiger partial charge in [-0.25, -0.2) is 24.3 Å². The first-order valence-electron chi connectivity index (χ1n) is 12.6. The van der Waals surface area contributed by atoms with Gasteiger partial charge in [-0.3, -0.25) is 4.79 Å². The minimum absolute atomic E-state index is 0.0595. The van der Waals surface area contributed by atoms with E-state index in [-0.39, 0.29) is 17.0 Å². The van der Waals surface area contributed by atoms with Crippen molar-refractivity contribution in [2.75, 3.05) is 19.4 Å². The second kappa shape index (κ2) is 8.85. The summed E-state index contributed by atoms with van der Waals surface area (Å²) in [7, 11) is 4.28. The summed E-state index contributed by atoms with van der Waals surface area (Å²) < 4.78 is 3.64. The highest BCUT2D eigenvalue weighted by molar-refractivity contribution is 5.82. The Morgan fingerprint density at radius 3 is 2.50 bits per heavy atom. The van der Waals surface area contributed by atoms with Gasteiger partial charge in [0.15, 0.2) is 5.82 Å². The van der Waals surface area contributed by atoms with E-state index >= 15 is 0 Å². The molecule has 5 rings (SSSR count). The van der Waals surface area contributed by atoms with Crippen molar-refractivity contribution in [1.82, 2.24) is 29.2 Å². The van der Waals surface area contributed by atoms with Crippen LogP contribution in [0.5, 0.6) is 0 Å². The van der Waals surface area contributed by atoms with Crippen LogP contribution < -0.4 is 10.9 Å². The molecule has 36 heavy (non-hydrogen) atoms. The van der Waals surface area contributed by atoms with Gasteiger partial charge in [0.25, 0.3) is 5.56 Å². The first-order chi connectivity index (χ1) is 17.0. The number of likely N-dealkylation sites (N-methyl/N-ethyl adjacent to an activating group) is 1. The molecule has 0 bridgehead atoms. The molecule has 1 aliphatic carbocycles. The van der Waals surface area contributed by atoms with Crippen LogP contribution in [0, 0.1) is 0 Å². The van der Waals surface area contributed by atoms with Crippen molar-refractivity contribution in [2.24, 2.45) is 0 Å². The van der Waals surface area contributed by atoms with E-state index in [0.717, 1.165) is 29.9 Å². The molecule has 0 saturated carbocycles. The van der Waals surface area contributed by atoms with Crippen molar-refractivity contribution in [3.8, 4) is 5.82 Å². The average molecular weight is 486 g/mol. The van der Waals surface area contributed by atoms with E-state index in [4.69, 9.17) is 4.98 Å². The third kappa shape index (κ3) is 4.30. The SMILES string of the molecule is CC(C)n1c(=O)c2cnc(Nc3ccc4c(c3)CC(N(C)C)C4)cc2n1-c1ccnc(C(C)(C)C)n1. The summed E-state index contributed by atoms with van der Waals surface area (Å²) in [5.74, 6) is 2.08. The lowest BCUT2D eigenvalue weighted by molar-refractivity contribution is 0.303. The summed E-state index contributed by atoms with van der Waals surface area (Å²) >= 11 is 0. The van der Waals surface area contributed by atoms with E-state index in [1.165, 1.54) is 11.1 Å². The number of anilines is 2. The molecule has 8 heteroatoms. The van der Waals surface area contributed by atoms with Gasteiger partial charge in [0, 0.05) is 47.7 Å². The first-order valence-corrected chi connectivity index (χ1v) is 12.6. The Morgan fingerprint density at radius 2 is 1.81 bits per heavy atom. The molecule has 1 atom stereocenters. The molecule has 1 aliphatic rings. The standard InChI is InChI=1S/C28H35N7O/c1-17(2)34-26(36)22-16-30-24(31-20-9-8-18-13-21(33(6)7)14-19(18)12-20)15-23(22)35(34)25-10-11-29-27(32-25)28(3,4)5/h8-12,15-17,21H,13-14H2,1-7H3,(H,30,31). The molecule has 0 amide bonds. The molecular weight excluding hydrogens is 450 g/mol. The predicted octanol–water partition coefficient (Wildman–Crippen LogP) is 4.63. The lowest BCUT2D eigenvalue weighted by atomic mass is 9.96. The quantitative estimate of drug-likeness (QED) is 0.444. The van der Waals surface area contributed by atoms with Gasteiger partial charge in [0.05, 0.1) is 10.9 Å². The highest BCUT2D eigenvalue weighted by Crippen LogP contribution is 2.29. The second-order valence-corrected chi connectivity index (χ2v) is 11.3. The average Bonchev–Trinajstić information content (AvgIpc) is 3.37. The molecule has 0 fully saturated rings.